The van der Waals surface area contributed by atoms with E-state index in [0.29, 0.717) is 43.0 Å². The van der Waals surface area contributed by atoms with Crippen LogP contribution >= 0.6 is 11.3 Å². The minimum absolute atomic E-state index is 0.0185. The fraction of sp³-hybridized carbons (Fsp3) is 0.636. The van der Waals surface area contributed by atoms with Crippen LogP contribution in [0.15, 0.2) is 9.00 Å². The number of carbonyl (C=O) groups is 1. The number of carboxylic acid groups (broad SMARTS) is 1. The molecule has 0 unspecified atom stereocenters. The van der Waals surface area contributed by atoms with E-state index in [1.165, 1.54) is 4.31 Å². The van der Waals surface area contributed by atoms with Crippen LogP contribution in [0.3, 0.4) is 0 Å². The molecule has 0 aromatic carbocycles. The Morgan fingerprint density at radius 2 is 2.05 bits per heavy atom. The minimum atomic E-state index is -3.65. The minimum Gasteiger partial charge on any atom is -0.481 e. The maximum Gasteiger partial charge on any atom is 0.305 e. The Kier molecular flexibility index (Phi) is 4.31. The van der Waals surface area contributed by atoms with Gasteiger partial charge >= 0.3 is 10.8 Å². The predicted molar refractivity (Wildman–Crippen MR) is 73.4 cm³/mol. The Morgan fingerprint density at radius 3 is 2.50 bits per heavy atom. The van der Waals surface area contributed by atoms with Crippen molar-refractivity contribution in [3.8, 4) is 0 Å². The first kappa shape index (κ1) is 15.2. The average Bonchev–Trinajstić information content (AvgIpc) is 2.69. The van der Waals surface area contributed by atoms with Gasteiger partial charge in [-0.1, -0.05) is 11.3 Å². The number of nitrogens with zero attached hydrogens (tertiary/aromatic N) is 1. The first-order chi connectivity index (χ1) is 9.30. The quantitative estimate of drug-likeness (QED) is 0.845. The Balaban J connectivity index is 2.11. The first-order valence-electron chi connectivity index (χ1n) is 6.22. The van der Waals surface area contributed by atoms with Crippen LogP contribution in [0.4, 0.5) is 0 Å². The van der Waals surface area contributed by atoms with Crippen molar-refractivity contribution >= 4 is 27.3 Å². The molecule has 0 atom stereocenters. The van der Waals surface area contributed by atoms with Gasteiger partial charge in [0.05, 0.1) is 0 Å². The zero-order chi connectivity index (χ0) is 14.9. The van der Waals surface area contributed by atoms with Crippen molar-refractivity contribution in [1.29, 1.82) is 0 Å². The molecule has 1 fully saturated rings. The summed E-state index contributed by atoms with van der Waals surface area (Å²) in [6.45, 7) is 2.15. The standard InChI is InChI=1S/C11H16N2O5S2/c1-7-10(19-11(16)12-7)20(17,18)13-4-2-8(3-5-13)6-9(14)15/h8H,2-6H2,1H3,(H,12,16)(H,14,15). The Bertz CT molecular complexity index is 653. The molecule has 20 heavy (non-hydrogen) atoms. The van der Waals surface area contributed by atoms with Crippen LogP contribution in [0, 0.1) is 12.8 Å². The van der Waals surface area contributed by atoms with Crippen molar-refractivity contribution in [2.24, 2.45) is 5.92 Å². The van der Waals surface area contributed by atoms with Gasteiger partial charge in [0, 0.05) is 25.2 Å². The van der Waals surface area contributed by atoms with E-state index in [0.717, 1.165) is 0 Å². The molecule has 0 amide bonds. The highest BCUT2D eigenvalue weighted by molar-refractivity contribution is 7.91. The molecule has 1 aliphatic heterocycles. The molecule has 2 rings (SSSR count). The monoisotopic (exact) mass is 320 g/mol. The van der Waals surface area contributed by atoms with Crippen LogP contribution in [0.2, 0.25) is 0 Å². The Labute approximate surface area is 120 Å². The maximum atomic E-state index is 12.4. The Morgan fingerprint density at radius 1 is 1.45 bits per heavy atom. The van der Waals surface area contributed by atoms with Gasteiger partial charge in [0.2, 0.25) is 0 Å². The number of aliphatic carboxylic acids is 1. The van der Waals surface area contributed by atoms with Crippen LogP contribution < -0.4 is 4.87 Å². The number of carboxylic acids is 1. The summed E-state index contributed by atoms with van der Waals surface area (Å²) < 4.78 is 26.2. The van der Waals surface area contributed by atoms with Crippen LogP contribution in [0.25, 0.3) is 0 Å². The molecule has 1 saturated heterocycles. The van der Waals surface area contributed by atoms with Crippen molar-refractivity contribution in [1.82, 2.24) is 9.29 Å². The zero-order valence-corrected chi connectivity index (χ0v) is 12.6. The molecule has 0 bridgehead atoms. The van der Waals surface area contributed by atoms with E-state index in [1.54, 1.807) is 6.92 Å². The van der Waals surface area contributed by atoms with E-state index < -0.39 is 16.0 Å². The van der Waals surface area contributed by atoms with Crippen LogP contribution in [0.1, 0.15) is 25.0 Å². The third kappa shape index (κ3) is 3.10. The zero-order valence-electron chi connectivity index (χ0n) is 11.0. The number of piperidine rings is 1. The summed E-state index contributed by atoms with van der Waals surface area (Å²) in [4.78, 5) is 24.0. The van der Waals surface area contributed by atoms with Crippen molar-refractivity contribution < 1.29 is 18.3 Å². The lowest BCUT2D eigenvalue weighted by Gasteiger charge is -2.30. The molecule has 1 aromatic heterocycles. The summed E-state index contributed by atoms with van der Waals surface area (Å²) >= 11 is 0.692. The third-order valence-electron chi connectivity index (χ3n) is 3.39. The van der Waals surface area contributed by atoms with E-state index in [1.807, 2.05) is 0 Å². The number of aryl methyl sites for hydroxylation is 1. The van der Waals surface area contributed by atoms with Gasteiger partial charge in [-0.15, -0.1) is 0 Å². The van der Waals surface area contributed by atoms with Gasteiger partial charge in [-0.05, 0) is 25.7 Å². The fourth-order valence-corrected chi connectivity index (χ4v) is 5.26. The molecule has 2 N–H and O–H groups in total. The first-order valence-corrected chi connectivity index (χ1v) is 8.48. The van der Waals surface area contributed by atoms with Gasteiger partial charge in [0.15, 0.2) is 4.21 Å². The van der Waals surface area contributed by atoms with Crippen LogP contribution in [-0.4, -0.2) is 41.9 Å². The number of rotatable bonds is 4. The van der Waals surface area contributed by atoms with E-state index in [4.69, 9.17) is 5.11 Å². The second kappa shape index (κ2) is 5.66. The van der Waals surface area contributed by atoms with E-state index in [-0.39, 0.29) is 21.4 Å². The SMILES string of the molecule is Cc1[nH]c(=O)sc1S(=O)(=O)N1CCC(CC(=O)O)CC1. The number of thiazole rings is 1. The second-order valence-electron chi connectivity index (χ2n) is 4.87. The number of sulfonamides is 1. The van der Waals surface area contributed by atoms with Crippen molar-refractivity contribution in [2.75, 3.05) is 13.1 Å². The molecule has 0 spiro atoms. The highest BCUT2D eigenvalue weighted by Gasteiger charge is 2.32. The lowest BCUT2D eigenvalue weighted by molar-refractivity contribution is -0.138. The molecular formula is C11H16N2O5S2. The van der Waals surface area contributed by atoms with Gasteiger partial charge in [0.1, 0.15) is 0 Å². The normalized spacial score (nSPS) is 18.2. The molecule has 2 heterocycles. The second-order valence-corrected chi connectivity index (χ2v) is 7.99. The van der Waals surface area contributed by atoms with Crippen molar-refractivity contribution in [3.63, 3.8) is 0 Å². The topological polar surface area (TPSA) is 108 Å². The Hall–Kier alpha value is -1.19. The van der Waals surface area contributed by atoms with Crippen molar-refractivity contribution in [2.45, 2.75) is 30.4 Å². The molecule has 7 nitrogen and oxygen atoms in total. The molecular weight excluding hydrogens is 304 g/mol. The molecule has 0 aliphatic carbocycles. The number of aromatic amines is 1. The molecule has 9 heteroatoms. The predicted octanol–water partition coefficient (Wildman–Crippen LogP) is 0.620. The average molecular weight is 320 g/mol. The summed E-state index contributed by atoms with van der Waals surface area (Å²) in [5.74, 6) is -0.837. The van der Waals surface area contributed by atoms with Crippen LogP contribution in [0.5, 0.6) is 0 Å². The molecule has 1 aromatic rings. The highest BCUT2D eigenvalue weighted by Crippen LogP contribution is 2.27. The lowest BCUT2D eigenvalue weighted by atomic mass is 9.95. The van der Waals surface area contributed by atoms with Gasteiger partial charge in [0.25, 0.3) is 10.0 Å². The summed E-state index contributed by atoms with van der Waals surface area (Å²) in [6.07, 6.45) is 1.14. The molecule has 0 radical (unpaired) electrons. The van der Waals surface area contributed by atoms with E-state index in [9.17, 15) is 18.0 Å². The van der Waals surface area contributed by atoms with Gasteiger partial charge in [-0.25, -0.2) is 8.42 Å². The summed E-state index contributed by atoms with van der Waals surface area (Å²) in [5.41, 5.74) is 0.354. The van der Waals surface area contributed by atoms with Crippen molar-refractivity contribution in [3.05, 3.63) is 15.4 Å². The van der Waals surface area contributed by atoms with E-state index >= 15 is 0 Å². The van der Waals surface area contributed by atoms with Gasteiger partial charge in [-0.3, -0.25) is 9.59 Å². The summed E-state index contributed by atoms with van der Waals surface area (Å²) in [7, 11) is -3.65. The number of hydrogen-bond donors (Lipinski definition) is 2. The lowest BCUT2D eigenvalue weighted by Crippen LogP contribution is -2.38. The van der Waals surface area contributed by atoms with Gasteiger partial charge in [-0.2, -0.15) is 4.31 Å². The summed E-state index contributed by atoms with van der Waals surface area (Å²) in [6, 6.07) is 0. The largest absolute Gasteiger partial charge is 0.481 e. The molecule has 112 valence electrons. The van der Waals surface area contributed by atoms with Gasteiger partial charge < -0.3 is 10.1 Å². The fourth-order valence-electron chi connectivity index (χ4n) is 2.35. The molecule has 0 saturated carbocycles. The smallest absolute Gasteiger partial charge is 0.305 e. The van der Waals surface area contributed by atoms with Crippen LogP contribution in [-0.2, 0) is 14.8 Å². The third-order valence-corrected chi connectivity index (χ3v) is 6.87. The number of H-pyrrole nitrogens is 1. The van der Waals surface area contributed by atoms with E-state index in [2.05, 4.69) is 4.98 Å². The number of aromatic nitrogens is 1. The number of nitrogens with one attached hydrogen (secondary N) is 1. The molecule has 1 aliphatic rings. The number of hydrogen-bond acceptors (Lipinski definition) is 5. The maximum absolute atomic E-state index is 12.4. The highest BCUT2D eigenvalue weighted by atomic mass is 32.2. The summed E-state index contributed by atoms with van der Waals surface area (Å²) in [5, 5.41) is 8.74.